The van der Waals surface area contributed by atoms with Crippen molar-refractivity contribution in [1.82, 2.24) is 29.5 Å². The summed E-state index contributed by atoms with van der Waals surface area (Å²) >= 11 is 13.1. The fourth-order valence-electron chi connectivity index (χ4n) is 6.70. The molecule has 2 aromatic carbocycles. The van der Waals surface area contributed by atoms with Gasteiger partial charge in [0, 0.05) is 20.9 Å². The lowest BCUT2D eigenvalue weighted by molar-refractivity contribution is 0.00578. The van der Waals surface area contributed by atoms with Crippen LogP contribution in [-0.4, -0.2) is 53.0 Å². The number of hydrogen-bond donors (Lipinski definition) is 1. The predicted molar refractivity (Wildman–Crippen MR) is 180 cm³/mol. The van der Waals surface area contributed by atoms with E-state index in [0.717, 1.165) is 34.7 Å². The van der Waals surface area contributed by atoms with Crippen molar-refractivity contribution in [2.75, 3.05) is 0 Å². The Balaban J connectivity index is 0.000000172. The molecule has 46 heavy (non-hydrogen) atoms. The molecule has 2 aromatic heterocycles. The van der Waals surface area contributed by atoms with Gasteiger partial charge in [0.15, 0.2) is 0 Å². The van der Waals surface area contributed by atoms with E-state index in [1.165, 1.54) is 25.7 Å². The molecular formula is C34H43BCl2N6O3. The van der Waals surface area contributed by atoms with Crippen LogP contribution in [0.1, 0.15) is 78.4 Å². The molecule has 0 bridgehead atoms. The minimum Gasteiger partial charge on any atom is -0.508 e. The highest BCUT2D eigenvalue weighted by molar-refractivity contribution is 6.62. The van der Waals surface area contributed by atoms with Crippen molar-refractivity contribution in [1.29, 1.82) is 0 Å². The van der Waals surface area contributed by atoms with Crippen LogP contribution in [0.4, 0.5) is 0 Å². The summed E-state index contributed by atoms with van der Waals surface area (Å²) in [6.07, 6.45) is 11.5. The van der Waals surface area contributed by atoms with Crippen molar-refractivity contribution in [2.45, 2.75) is 102 Å². The third kappa shape index (κ3) is 6.59. The van der Waals surface area contributed by atoms with Gasteiger partial charge >= 0.3 is 7.12 Å². The molecule has 3 aliphatic rings. The van der Waals surface area contributed by atoms with Crippen LogP contribution in [0, 0.1) is 11.8 Å². The molecule has 1 saturated heterocycles. The van der Waals surface area contributed by atoms with Crippen LogP contribution in [-0.2, 0) is 33.2 Å². The molecule has 244 valence electrons. The van der Waals surface area contributed by atoms with Gasteiger partial charge in [0.05, 0.1) is 24.3 Å². The van der Waals surface area contributed by atoms with Gasteiger partial charge in [-0.1, -0.05) is 55.2 Å². The van der Waals surface area contributed by atoms with Gasteiger partial charge in [-0.3, -0.25) is 9.36 Å². The van der Waals surface area contributed by atoms with Crippen LogP contribution in [0.5, 0.6) is 5.75 Å². The van der Waals surface area contributed by atoms with E-state index >= 15 is 0 Å². The van der Waals surface area contributed by atoms with Crippen LogP contribution in [0.25, 0.3) is 0 Å². The molecule has 1 aliphatic heterocycles. The number of aromatic hydroxyl groups is 1. The topological polar surface area (TPSA) is 100 Å². The summed E-state index contributed by atoms with van der Waals surface area (Å²) in [4.78, 5) is 8.08. The summed E-state index contributed by atoms with van der Waals surface area (Å²) < 4.78 is 16.1. The van der Waals surface area contributed by atoms with Gasteiger partial charge in [0.25, 0.3) is 0 Å². The molecule has 3 heterocycles. The Hall–Kier alpha value is -2.92. The van der Waals surface area contributed by atoms with Crippen molar-refractivity contribution in [3.8, 4) is 5.75 Å². The van der Waals surface area contributed by atoms with Crippen LogP contribution < -0.4 is 5.46 Å². The molecule has 2 atom stereocenters. The summed E-state index contributed by atoms with van der Waals surface area (Å²) in [5, 5.41) is 19.4. The Morgan fingerprint density at radius 3 is 1.63 bits per heavy atom. The zero-order valence-corrected chi connectivity index (χ0v) is 29.0. The second-order valence-electron chi connectivity index (χ2n) is 14.6. The smallest absolute Gasteiger partial charge is 0.494 e. The molecule has 0 spiro atoms. The SMILES string of the molecule is CC(Cn1cncn1)(c1ccc(B2OC(C)(C)C(C)(C)O2)cc1Cl)C1CC1.CC(Cn1cncn1)(c1ccc(O)cc1Cl)C1CC1. The minimum atomic E-state index is -0.399. The minimum absolute atomic E-state index is 0.0702. The van der Waals surface area contributed by atoms with Crippen molar-refractivity contribution in [2.24, 2.45) is 11.8 Å². The number of halogens is 2. The monoisotopic (exact) mass is 664 g/mol. The number of rotatable bonds is 9. The second kappa shape index (κ2) is 12.3. The lowest BCUT2D eigenvalue weighted by Crippen LogP contribution is -2.41. The van der Waals surface area contributed by atoms with Gasteiger partial charge in [0.2, 0.25) is 0 Å². The number of benzene rings is 2. The largest absolute Gasteiger partial charge is 0.508 e. The Morgan fingerprint density at radius 2 is 1.24 bits per heavy atom. The normalized spacial score (nSPS) is 21.3. The van der Waals surface area contributed by atoms with E-state index in [2.05, 4.69) is 73.8 Å². The van der Waals surface area contributed by atoms with E-state index in [9.17, 15) is 5.11 Å². The maximum absolute atomic E-state index is 9.50. The van der Waals surface area contributed by atoms with Crippen LogP contribution in [0.3, 0.4) is 0 Å². The number of aromatic nitrogens is 6. The second-order valence-corrected chi connectivity index (χ2v) is 15.4. The zero-order valence-electron chi connectivity index (χ0n) is 27.5. The Labute approximate surface area is 281 Å². The molecule has 7 rings (SSSR count). The molecule has 2 aliphatic carbocycles. The van der Waals surface area contributed by atoms with E-state index in [1.54, 1.807) is 37.4 Å². The van der Waals surface area contributed by atoms with Crippen molar-refractivity contribution >= 4 is 35.8 Å². The summed E-state index contributed by atoms with van der Waals surface area (Å²) in [5.41, 5.74) is 2.32. The van der Waals surface area contributed by atoms with E-state index in [4.69, 9.17) is 32.5 Å². The van der Waals surface area contributed by atoms with Gasteiger partial charge in [0.1, 0.15) is 31.1 Å². The highest BCUT2D eigenvalue weighted by atomic mass is 35.5. The van der Waals surface area contributed by atoms with Crippen molar-refractivity contribution < 1.29 is 14.4 Å². The van der Waals surface area contributed by atoms with Crippen LogP contribution in [0.15, 0.2) is 61.7 Å². The molecular weight excluding hydrogens is 622 g/mol. The first-order chi connectivity index (χ1) is 21.7. The first kappa shape index (κ1) is 33.0. The summed E-state index contributed by atoms with van der Waals surface area (Å²) in [7, 11) is -0.399. The Bertz CT molecular complexity index is 1640. The average molecular weight is 665 g/mol. The summed E-state index contributed by atoms with van der Waals surface area (Å²) in [5.74, 6) is 1.42. The first-order valence-corrected chi connectivity index (χ1v) is 16.8. The predicted octanol–water partition coefficient (Wildman–Crippen LogP) is 6.60. The molecule has 3 fully saturated rings. The van der Waals surface area contributed by atoms with Crippen LogP contribution in [0.2, 0.25) is 10.0 Å². The van der Waals surface area contributed by atoms with Gasteiger partial charge in [-0.25, -0.2) is 9.97 Å². The molecule has 1 N–H and O–H groups in total. The third-order valence-corrected chi connectivity index (χ3v) is 11.2. The molecule has 0 radical (unpaired) electrons. The molecule has 12 heteroatoms. The summed E-state index contributed by atoms with van der Waals surface area (Å²) in [6, 6.07) is 11.5. The Morgan fingerprint density at radius 1 is 0.783 bits per heavy atom. The lowest BCUT2D eigenvalue weighted by Gasteiger charge is -2.32. The van der Waals surface area contributed by atoms with E-state index in [-0.39, 0.29) is 27.8 Å². The average Bonchev–Trinajstić information content (AvgIpc) is 3.90. The lowest BCUT2D eigenvalue weighted by atomic mass is 9.74. The van der Waals surface area contributed by atoms with Crippen molar-refractivity contribution in [3.63, 3.8) is 0 Å². The van der Waals surface area contributed by atoms with E-state index in [1.807, 2.05) is 21.5 Å². The quantitative estimate of drug-likeness (QED) is 0.201. The standard InChI is InChI=1S/C20H27BClN3O2.C14H16ClN3O/c1-18(2)19(3,4)27-21(26-18)15-8-9-16(17(22)10-15)20(5,14-6-7-14)11-25-13-23-12-24-25;1-14(10-2-3-10,7-18-9-16-8-17-18)12-5-4-11(19)6-13(12)15/h8-10,12-14H,6-7,11H2,1-5H3;4-6,8-10,19H,2-3,7H2,1H3. The first-order valence-electron chi connectivity index (χ1n) is 16.0. The molecule has 0 amide bonds. The highest BCUT2D eigenvalue weighted by Crippen LogP contribution is 2.51. The number of phenolic OH excluding ortho intramolecular Hbond substituents is 1. The van der Waals surface area contributed by atoms with Gasteiger partial charge in [-0.05, 0) is 100 Å². The van der Waals surface area contributed by atoms with E-state index in [0.29, 0.717) is 16.9 Å². The van der Waals surface area contributed by atoms with Gasteiger partial charge in [-0.15, -0.1) is 0 Å². The number of phenols is 1. The van der Waals surface area contributed by atoms with Crippen molar-refractivity contribution in [3.05, 3.63) is 82.9 Å². The Kier molecular flexibility index (Phi) is 8.80. The molecule has 2 saturated carbocycles. The third-order valence-electron chi connectivity index (χ3n) is 10.6. The van der Waals surface area contributed by atoms with Crippen LogP contribution >= 0.6 is 23.2 Å². The molecule has 9 nitrogen and oxygen atoms in total. The number of hydrogen-bond acceptors (Lipinski definition) is 7. The molecule has 4 aromatic rings. The highest BCUT2D eigenvalue weighted by Gasteiger charge is 2.52. The summed E-state index contributed by atoms with van der Waals surface area (Å²) in [6.45, 7) is 14.3. The maximum Gasteiger partial charge on any atom is 0.494 e. The fraction of sp³-hybridized carbons (Fsp3) is 0.529. The zero-order chi connectivity index (χ0) is 32.9. The van der Waals surface area contributed by atoms with Gasteiger partial charge < -0.3 is 14.4 Å². The fourth-order valence-corrected chi connectivity index (χ4v) is 7.49. The number of nitrogens with zero attached hydrogens (tertiary/aromatic N) is 6. The molecule has 2 unspecified atom stereocenters. The van der Waals surface area contributed by atoms with E-state index < -0.39 is 7.12 Å². The van der Waals surface area contributed by atoms with Gasteiger partial charge in [-0.2, -0.15) is 10.2 Å². The maximum atomic E-state index is 9.50.